The van der Waals surface area contributed by atoms with E-state index in [0.717, 1.165) is 31.0 Å². The molecule has 2 N–H and O–H groups in total. The van der Waals surface area contributed by atoms with Crippen LogP contribution < -0.4 is 10.0 Å². The van der Waals surface area contributed by atoms with Crippen molar-refractivity contribution in [3.05, 3.63) is 35.4 Å². The van der Waals surface area contributed by atoms with E-state index in [1.165, 1.54) is 4.31 Å². The third-order valence-corrected chi connectivity index (χ3v) is 6.18. The van der Waals surface area contributed by atoms with Crippen molar-refractivity contribution in [3.8, 4) is 0 Å². The minimum Gasteiger partial charge on any atom is -0.311 e. The zero-order chi connectivity index (χ0) is 18.4. The zero-order valence-corrected chi connectivity index (χ0v) is 15.9. The summed E-state index contributed by atoms with van der Waals surface area (Å²) >= 11 is 4.40. The second-order valence-electron chi connectivity index (χ2n) is 6.23. The first-order chi connectivity index (χ1) is 11.8. The molecule has 9 heteroatoms. The molecule has 0 aliphatic carbocycles. The summed E-state index contributed by atoms with van der Waals surface area (Å²) in [5, 5.41) is 2.99. The van der Waals surface area contributed by atoms with Crippen molar-refractivity contribution in [1.29, 1.82) is 0 Å². The fourth-order valence-electron chi connectivity index (χ4n) is 2.86. The number of hydrogen-bond acceptors (Lipinski definition) is 4. The van der Waals surface area contributed by atoms with E-state index in [-0.39, 0.29) is 23.4 Å². The van der Waals surface area contributed by atoms with Crippen LogP contribution in [0.5, 0.6) is 0 Å². The molecule has 1 heterocycles. The minimum absolute atomic E-state index is 0.0412. The van der Waals surface area contributed by atoms with E-state index in [9.17, 15) is 17.2 Å². The second kappa shape index (κ2) is 9.27. The lowest BCUT2D eigenvalue weighted by molar-refractivity contribution is 0.364. The summed E-state index contributed by atoms with van der Waals surface area (Å²) in [6.45, 7) is 3.22. The molecule has 0 radical (unpaired) electrons. The highest BCUT2D eigenvalue weighted by molar-refractivity contribution is 7.87. The summed E-state index contributed by atoms with van der Waals surface area (Å²) in [7, 11) is -3.56. The first kappa shape index (κ1) is 20.6. The second-order valence-corrected chi connectivity index (χ2v) is 8.67. The number of hydrogen-bond donors (Lipinski definition) is 3. The first-order valence-electron chi connectivity index (χ1n) is 8.42. The molecular formula is C16H25F2N3O2S2. The normalized spacial score (nSPS) is 21.8. The third kappa shape index (κ3) is 5.89. The predicted octanol–water partition coefficient (Wildman–Crippen LogP) is 2.06. The van der Waals surface area contributed by atoms with Crippen LogP contribution in [-0.4, -0.2) is 43.6 Å². The maximum absolute atomic E-state index is 13.6. The van der Waals surface area contributed by atoms with Gasteiger partial charge in [-0.05, 0) is 31.0 Å². The van der Waals surface area contributed by atoms with E-state index in [1.54, 1.807) is 0 Å². The number of nitrogens with zero attached hydrogens (tertiary/aromatic N) is 1. The SMILES string of the molecule is CCCCNS(=O)(=O)N1C[C@H](S)C[C@H]1CNCc1cc(F)ccc1F. The molecule has 0 spiro atoms. The Bertz CT molecular complexity index is 673. The highest BCUT2D eigenvalue weighted by Gasteiger charge is 2.37. The largest absolute Gasteiger partial charge is 0.311 e. The van der Waals surface area contributed by atoms with E-state index in [4.69, 9.17) is 0 Å². The molecule has 2 atom stereocenters. The number of rotatable bonds is 9. The molecule has 2 rings (SSSR count). The van der Waals surface area contributed by atoms with Gasteiger partial charge < -0.3 is 5.32 Å². The molecule has 1 fully saturated rings. The highest BCUT2D eigenvalue weighted by atomic mass is 32.2. The Labute approximate surface area is 153 Å². The van der Waals surface area contributed by atoms with Gasteiger partial charge in [0.2, 0.25) is 0 Å². The third-order valence-electron chi connectivity index (χ3n) is 4.17. The van der Waals surface area contributed by atoms with Gasteiger partial charge in [0.25, 0.3) is 10.2 Å². The summed E-state index contributed by atoms with van der Waals surface area (Å²) in [6.07, 6.45) is 2.29. The van der Waals surface area contributed by atoms with E-state index < -0.39 is 21.8 Å². The Morgan fingerprint density at radius 1 is 1.36 bits per heavy atom. The van der Waals surface area contributed by atoms with Crippen molar-refractivity contribution in [2.24, 2.45) is 0 Å². The van der Waals surface area contributed by atoms with Gasteiger partial charge in [-0.15, -0.1) is 0 Å². The first-order valence-corrected chi connectivity index (χ1v) is 10.4. The van der Waals surface area contributed by atoms with Crippen LogP contribution in [0.25, 0.3) is 0 Å². The van der Waals surface area contributed by atoms with Crippen molar-refractivity contribution in [1.82, 2.24) is 14.3 Å². The molecule has 0 saturated carbocycles. The van der Waals surface area contributed by atoms with Crippen LogP contribution >= 0.6 is 12.6 Å². The Kier molecular flexibility index (Phi) is 7.63. The molecule has 25 heavy (non-hydrogen) atoms. The highest BCUT2D eigenvalue weighted by Crippen LogP contribution is 2.24. The van der Waals surface area contributed by atoms with Crippen molar-refractivity contribution >= 4 is 22.8 Å². The van der Waals surface area contributed by atoms with Crippen LogP contribution in [0.1, 0.15) is 31.7 Å². The van der Waals surface area contributed by atoms with Crippen LogP contribution in [0.2, 0.25) is 0 Å². The standard InChI is InChI=1S/C16H25F2N3O2S2/c1-2-3-6-20-25(22,23)21-11-15(24)8-14(21)10-19-9-12-7-13(17)4-5-16(12)18/h4-5,7,14-15,19-20,24H,2-3,6,8-11H2,1H3/t14-,15+/m0/s1. The van der Waals surface area contributed by atoms with Crippen molar-refractivity contribution in [2.75, 3.05) is 19.6 Å². The van der Waals surface area contributed by atoms with Crippen LogP contribution in [-0.2, 0) is 16.8 Å². The smallest absolute Gasteiger partial charge is 0.279 e. The van der Waals surface area contributed by atoms with E-state index >= 15 is 0 Å². The number of unbranched alkanes of at least 4 members (excludes halogenated alkanes) is 1. The maximum Gasteiger partial charge on any atom is 0.279 e. The van der Waals surface area contributed by atoms with Gasteiger partial charge in [0.1, 0.15) is 11.6 Å². The van der Waals surface area contributed by atoms with Gasteiger partial charge in [-0.1, -0.05) is 13.3 Å². The molecule has 0 aromatic heterocycles. The Morgan fingerprint density at radius 2 is 2.12 bits per heavy atom. The lowest BCUT2D eigenvalue weighted by Crippen LogP contribution is -2.47. The predicted molar refractivity (Wildman–Crippen MR) is 97.8 cm³/mol. The molecule has 1 saturated heterocycles. The molecule has 1 aliphatic heterocycles. The topological polar surface area (TPSA) is 61.4 Å². The van der Waals surface area contributed by atoms with E-state index in [1.807, 2.05) is 6.92 Å². The van der Waals surface area contributed by atoms with Gasteiger partial charge in [-0.25, -0.2) is 13.5 Å². The quantitative estimate of drug-likeness (QED) is 0.445. The van der Waals surface area contributed by atoms with Gasteiger partial charge in [0.15, 0.2) is 0 Å². The molecule has 142 valence electrons. The van der Waals surface area contributed by atoms with Gasteiger partial charge in [-0.3, -0.25) is 0 Å². The monoisotopic (exact) mass is 393 g/mol. The molecule has 0 unspecified atom stereocenters. The molecular weight excluding hydrogens is 368 g/mol. The molecule has 1 aromatic rings. The molecule has 1 aromatic carbocycles. The van der Waals surface area contributed by atoms with Gasteiger partial charge >= 0.3 is 0 Å². The number of halogens is 2. The average Bonchev–Trinajstić information content (AvgIpc) is 2.93. The van der Waals surface area contributed by atoms with E-state index in [0.29, 0.717) is 26.1 Å². The minimum atomic E-state index is -3.56. The zero-order valence-electron chi connectivity index (χ0n) is 14.2. The summed E-state index contributed by atoms with van der Waals surface area (Å²) in [4.78, 5) is 0. The van der Waals surface area contributed by atoms with Crippen molar-refractivity contribution in [2.45, 2.75) is 44.0 Å². The number of thiol groups is 1. The fourth-order valence-corrected chi connectivity index (χ4v) is 4.88. The van der Waals surface area contributed by atoms with Gasteiger partial charge in [-0.2, -0.15) is 25.4 Å². The van der Waals surface area contributed by atoms with Crippen LogP contribution in [0.15, 0.2) is 18.2 Å². The lowest BCUT2D eigenvalue weighted by atomic mass is 10.2. The van der Waals surface area contributed by atoms with Crippen LogP contribution in [0.3, 0.4) is 0 Å². The Morgan fingerprint density at radius 3 is 2.84 bits per heavy atom. The van der Waals surface area contributed by atoms with Gasteiger partial charge in [0.05, 0.1) is 0 Å². The number of nitrogens with one attached hydrogen (secondary N) is 2. The molecule has 1 aliphatic rings. The summed E-state index contributed by atoms with van der Waals surface area (Å²) in [6, 6.07) is 3.02. The maximum atomic E-state index is 13.6. The van der Waals surface area contributed by atoms with Crippen molar-refractivity contribution in [3.63, 3.8) is 0 Å². The molecule has 0 bridgehead atoms. The lowest BCUT2D eigenvalue weighted by Gasteiger charge is -2.24. The van der Waals surface area contributed by atoms with E-state index in [2.05, 4.69) is 22.7 Å². The molecule has 5 nitrogen and oxygen atoms in total. The average molecular weight is 394 g/mol. The Balaban J connectivity index is 1.94. The van der Waals surface area contributed by atoms with Gasteiger partial charge in [0, 0.05) is 43.0 Å². The summed E-state index contributed by atoms with van der Waals surface area (Å²) in [5.74, 6) is -0.989. The summed E-state index contributed by atoms with van der Waals surface area (Å²) < 4.78 is 55.7. The fraction of sp³-hybridized carbons (Fsp3) is 0.625. The van der Waals surface area contributed by atoms with Crippen LogP contribution in [0.4, 0.5) is 8.78 Å². The number of benzene rings is 1. The van der Waals surface area contributed by atoms with Crippen LogP contribution in [0, 0.1) is 11.6 Å². The molecule has 0 amide bonds. The Hall–Kier alpha value is -0.740. The summed E-state index contributed by atoms with van der Waals surface area (Å²) in [5.41, 5.74) is 0.218. The van der Waals surface area contributed by atoms with Crippen molar-refractivity contribution < 1.29 is 17.2 Å².